The van der Waals surface area contributed by atoms with Crippen molar-refractivity contribution in [2.45, 2.75) is 52.1 Å². The van der Waals surface area contributed by atoms with Crippen molar-refractivity contribution in [3.05, 3.63) is 35.9 Å². The second-order valence-electron chi connectivity index (χ2n) is 5.91. The molecule has 1 saturated carbocycles. The van der Waals surface area contributed by atoms with E-state index < -0.39 is 5.41 Å². The molecule has 0 heterocycles. The molecule has 0 spiro atoms. The summed E-state index contributed by atoms with van der Waals surface area (Å²) in [5.41, 5.74) is 0.333. The molecule has 1 aliphatic carbocycles. The van der Waals surface area contributed by atoms with Crippen LogP contribution in [-0.2, 0) is 11.3 Å². The summed E-state index contributed by atoms with van der Waals surface area (Å²) in [5.74, 6) is 0.0105. The fraction of sp³-hybridized carbons (Fsp3) is 0.529. The number of nitriles is 1. The number of hydrogen-bond acceptors (Lipinski definition) is 2. The van der Waals surface area contributed by atoms with Gasteiger partial charge in [-0.2, -0.15) is 5.26 Å². The van der Waals surface area contributed by atoms with Crippen molar-refractivity contribution in [1.82, 2.24) is 4.90 Å². The first-order valence-corrected chi connectivity index (χ1v) is 7.35. The number of nitrogens with zero attached hydrogens (tertiary/aromatic N) is 2. The molecule has 0 atom stereocenters. The van der Waals surface area contributed by atoms with Gasteiger partial charge in [-0.05, 0) is 32.3 Å². The van der Waals surface area contributed by atoms with E-state index >= 15 is 0 Å². The number of amides is 1. The van der Waals surface area contributed by atoms with Crippen molar-refractivity contribution in [2.75, 3.05) is 0 Å². The molecule has 106 valence electrons. The summed E-state index contributed by atoms with van der Waals surface area (Å²) in [6.07, 6.45) is 3.38. The molecular weight excluding hydrogens is 248 g/mol. The van der Waals surface area contributed by atoms with Gasteiger partial charge in [0.25, 0.3) is 0 Å². The Morgan fingerprint density at radius 2 is 1.90 bits per heavy atom. The molecule has 0 unspecified atom stereocenters. The van der Waals surface area contributed by atoms with E-state index in [1.54, 1.807) is 0 Å². The summed E-state index contributed by atoms with van der Waals surface area (Å²) >= 11 is 0. The standard InChI is InChI=1S/C17H22N2O/c1-14(2)19(12-15-8-4-3-5-9-15)16(20)17(13-18)10-6-7-11-17/h3-5,8-9,14H,6-7,10-12H2,1-2H3. The van der Waals surface area contributed by atoms with Crippen molar-refractivity contribution < 1.29 is 4.79 Å². The van der Waals surface area contributed by atoms with Crippen LogP contribution in [0.25, 0.3) is 0 Å². The quantitative estimate of drug-likeness (QED) is 0.840. The van der Waals surface area contributed by atoms with Gasteiger partial charge in [-0.3, -0.25) is 4.79 Å². The molecule has 3 nitrogen and oxygen atoms in total. The van der Waals surface area contributed by atoms with Crippen molar-refractivity contribution >= 4 is 5.91 Å². The zero-order valence-corrected chi connectivity index (χ0v) is 12.3. The topological polar surface area (TPSA) is 44.1 Å². The van der Waals surface area contributed by atoms with Gasteiger partial charge in [-0.25, -0.2) is 0 Å². The molecule has 3 heteroatoms. The normalized spacial score (nSPS) is 16.9. The fourth-order valence-electron chi connectivity index (χ4n) is 2.90. The van der Waals surface area contributed by atoms with Crippen LogP contribution in [0.4, 0.5) is 0 Å². The lowest BCUT2D eigenvalue weighted by molar-refractivity contribution is -0.141. The summed E-state index contributed by atoms with van der Waals surface area (Å²) in [7, 11) is 0. The van der Waals surface area contributed by atoms with Gasteiger partial charge in [-0.1, -0.05) is 43.2 Å². The third-order valence-corrected chi connectivity index (χ3v) is 4.16. The Balaban J connectivity index is 2.21. The Kier molecular flexibility index (Phi) is 4.44. The zero-order chi connectivity index (χ0) is 14.6. The van der Waals surface area contributed by atoms with Gasteiger partial charge in [0.15, 0.2) is 0 Å². The van der Waals surface area contributed by atoms with E-state index in [0.717, 1.165) is 18.4 Å². The number of rotatable bonds is 4. The molecule has 1 aromatic rings. The van der Waals surface area contributed by atoms with Crippen LogP contribution < -0.4 is 0 Å². The SMILES string of the molecule is CC(C)N(Cc1ccccc1)C(=O)C1(C#N)CCCC1. The lowest BCUT2D eigenvalue weighted by Crippen LogP contribution is -2.45. The molecule has 1 amide bonds. The maximum Gasteiger partial charge on any atom is 0.243 e. The highest BCUT2D eigenvalue weighted by Gasteiger charge is 2.44. The number of carbonyl (C=O) groups is 1. The first-order chi connectivity index (χ1) is 9.59. The summed E-state index contributed by atoms with van der Waals surface area (Å²) in [6, 6.07) is 12.4. The van der Waals surface area contributed by atoms with E-state index in [9.17, 15) is 10.1 Å². The highest BCUT2D eigenvalue weighted by atomic mass is 16.2. The van der Waals surface area contributed by atoms with Crippen molar-refractivity contribution in [2.24, 2.45) is 5.41 Å². The minimum Gasteiger partial charge on any atom is -0.335 e. The molecule has 0 bridgehead atoms. The van der Waals surface area contributed by atoms with Crippen LogP contribution in [0.3, 0.4) is 0 Å². The third-order valence-electron chi connectivity index (χ3n) is 4.16. The highest BCUT2D eigenvalue weighted by molar-refractivity contribution is 5.86. The van der Waals surface area contributed by atoms with E-state index in [0.29, 0.717) is 19.4 Å². The van der Waals surface area contributed by atoms with Gasteiger partial charge in [0.05, 0.1) is 6.07 Å². The first kappa shape index (κ1) is 14.6. The second kappa shape index (κ2) is 6.09. The molecular formula is C17H22N2O. The predicted molar refractivity (Wildman–Crippen MR) is 78.6 cm³/mol. The van der Waals surface area contributed by atoms with Gasteiger partial charge in [0.2, 0.25) is 5.91 Å². The first-order valence-electron chi connectivity index (χ1n) is 7.35. The molecule has 20 heavy (non-hydrogen) atoms. The average molecular weight is 270 g/mol. The lowest BCUT2D eigenvalue weighted by Gasteiger charge is -2.33. The van der Waals surface area contributed by atoms with Crippen LogP contribution in [0.1, 0.15) is 45.1 Å². The van der Waals surface area contributed by atoms with Crippen LogP contribution in [0, 0.1) is 16.7 Å². The number of carbonyl (C=O) groups excluding carboxylic acids is 1. The van der Waals surface area contributed by atoms with Crippen LogP contribution in [-0.4, -0.2) is 16.8 Å². The Bertz CT molecular complexity index is 495. The number of hydrogen-bond donors (Lipinski definition) is 0. The fourth-order valence-corrected chi connectivity index (χ4v) is 2.90. The summed E-state index contributed by atoms with van der Waals surface area (Å²) < 4.78 is 0. The Morgan fingerprint density at radius 1 is 1.30 bits per heavy atom. The second-order valence-corrected chi connectivity index (χ2v) is 5.91. The summed E-state index contributed by atoms with van der Waals surface area (Å²) in [5, 5.41) is 9.49. The molecule has 0 aliphatic heterocycles. The molecule has 1 fully saturated rings. The van der Waals surface area contributed by atoms with E-state index in [4.69, 9.17) is 0 Å². The lowest BCUT2D eigenvalue weighted by atomic mass is 9.86. The Hall–Kier alpha value is -1.82. The van der Waals surface area contributed by atoms with Crippen LogP contribution in [0.5, 0.6) is 0 Å². The van der Waals surface area contributed by atoms with E-state index in [1.807, 2.05) is 49.1 Å². The van der Waals surface area contributed by atoms with E-state index in [2.05, 4.69) is 6.07 Å². The molecule has 0 aromatic heterocycles. The molecule has 0 N–H and O–H groups in total. The molecule has 1 aromatic carbocycles. The van der Waals surface area contributed by atoms with Crippen molar-refractivity contribution in [3.8, 4) is 6.07 Å². The minimum absolute atomic E-state index is 0.0105. The Morgan fingerprint density at radius 3 is 2.40 bits per heavy atom. The average Bonchev–Trinajstić information content (AvgIpc) is 2.95. The monoisotopic (exact) mass is 270 g/mol. The summed E-state index contributed by atoms with van der Waals surface area (Å²) in [6.45, 7) is 4.61. The van der Waals surface area contributed by atoms with Crippen LogP contribution >= 0.6 is 0 Å². The van der Waals surface area contributed by atoms with Gasteiger partial charge in [0, 0.05) is 12.6 Å². The largest absolute Gasteiger partial charge is 0.335 e. The van der Waals surface area contributed by atoms with Crippen LogP contribution in [0.2, 0.25) is 0 Å². The van der Waals surface area contributed by atoms with Gasteiger partial charge < -0.3 is 4.90 Å². The van der Waals surface area contributed by atoms with Crippen molar-refractivity contribution in [1.29, 1.82) is 5.26 Å². The van der Waals surface area contributed by atoms with Crippen molar-refractivity contribution in [3.63, 3.8) is 0 Å². The summed E-state index contributed by atoms with van der Waals surface area (Å²) in [4.78, 5) is 14.7. The van der Waals surface area contributed by atoms with E-state index in [-0.39, 0.29) is 11.9 Å². The molecule has 1 aliphatic rings. The zero-order valence-electron chi connectivity index (χ0n) is 12.3. The predicted octanol–water partition coefficient (Wildman–Crippen LogP) is 3.51. The van der Waals surface area contributed by atoms with Gasteiger partial charge in [-0.15, -0.1) is 0 Å². The third kappa shape index (κ3) is 2.85. The minimum atomic E-state index is -0.779. The molecule has 0 radical (unpaired) electrons. The van der Waals surface area contributed by atoms with Crippen LogP contribution in [0.15, 0.2) is 30.3 Å². The van der Waals surface area contributed by atoms with E-state index in [1.165, 1.54) is 0 Å². The van der Waals surface area contributed by atoms with Gasteiger partial charge in [0.1, 0.15) is 5.41 Å². The molecule has 0 saturated heterocycles. The maximum atomic E-state index is 12.8. The smallest absolute Gasteiger partial charge is 0.243 e. The Labute approximate surface area is 121 Å². The van der Waals surface area contributed by atoms with Gasteiger partial charge >= 0.3 is 0 Å². The highest BCUT2D eigenvalue weighted by Crippen LogP contribution is 2.39. The number of benzene rings is 1. The molecule has 2 rings (SSSR count). The maximum absolute atomic E-state index is 12.8.